The Bertz CT molecular complexity index is 479. The van der Waals surface area contributed by atoms with Crippen LogP contribution in [0.15, 0.2) is 18.2 Å². The van der Waals surface area contributed by atoms with Gasteiger partial charge < -0.3 is 5.73 Å². The fourth-order valence-corrected chi connectivity index (χ4v) is 3.05. The molecule has 4 heteroatoms. The summed E-state index contributed by atoms with van der Waals surface area (Å²) >= 11 is 0. The van der Waals surface area contributed by atoms with Crippen molar-refractivity contribution in [3.05, 3.63) is 35.4 Å². The van der Waals surface area contributed by atoms with Crippen LogP contribution in [0.5, 0.6) is 0 Å². The van der Waals surface area contributed by atoms with Gasteiger partial charge in [-0.05, 0) is 24.5 Å². The van der Waals surface area contributed by atoms with Crippen LogP contribution >= 0.6 is 0 Å². The topological polar surface area (TPSA) is 43.1 Å². The van der Waals surface area contributed by atoms with Crippen molar-refractivity contribution in [2.75, 3.05) is 6.54 Å². The lowest BCUT2D eigenvalue weighted by Gasteiger charge is -2.29. The lowest BCUT2D eigenvalue weighted by molar-refractivity contribution is -0.128. The van der Waals surface area contributed by atoms with Gasteiger partial charge >= 0.3 is 0 Å². The highest BCUT2D eigenvalue weighted by Gasteiger charge is 2.37. The minimum atomic E-state index is -0.915. The molecule has 1 aromatic carbocycles. The Morgan fingerprint density at radius 3 is 2.40 bits per heavy atom. The van der Waals surface area contributed by atoms with E-state index >= 15 is 0 Å². The van der Waals surface area contributed by atoms with Crippen molar-refractivity contribution in [3.63, 3.8) is 0 Å². The zero-order chi connectivity index (χ0) is 14.6. The molecule has 0 bridgehead atoms. The Labute approximate surface area is 118 Å². The molecule has 20 heavy (non-hydrogen) atoms. The Morgan fingerprint density at radius 2 is 1.80 bits per heavy atom. The zero-order valence-electron chi connectivity index (χ0n) is 11.6. The van der Waals surface area contributed by atoms with Crippen LogP contribution in [0, 0.1) is 17.0 Å². The molecule has 2 rings (SSSR count). The molecule has 0 aromatic heterocycles. The third-order valence-corrected chi connectivity index (χ3v) is 4.43. The van der Waals surface area contributed by atoms with Gasteiger partial charge in [0.25, 0.3) is 0 Å². The van der Waals surface area contributed by atoms with Gasteiger partial charge in [-0.15, -0.1) is 0 Å². The van der Waals surface area contributed by atoms with E-state index < -0.39 is 17.0 Å². The van der Waals surface area contributed by atoms with Crippen molar-refractivity contribution < 1.29 is 13.6 Å². The van der Waals surface area contributed by atoms with Gasteiger partial charge in [0.2, 0.25) is 0 Å². The monoisotopic (exact) mass is 281 g/mol. The molecule has 1 aromatic rings. The minimum Gasteiger partial charge on any atom is -0.329 e. The van der Waals surface area contributed by atoms with Gasteiger partial charge in [-0.1, -0.05) is 37.8 Å². The summed E-state index contributed by atoms with van der Waals surface area (Å²) in [5.74, 6) is -1.87. The van der Waals surface area contributed by atoms with E-state index in [1.807, 2.05) is 0 Å². The summed E-state index contributed by atoms with van der Waals surface area (Å²) in [6, 6.07) is 3.97. The SMILES string of the molecule is NCC1(C(=O)Cc2cccc(F)c2F)CCCCCC1. The molecule has 110 valence electrons. The number of ketones is 1. The van der Waals surface area contributed by atoms with Crippen molar-refractivity contribution >= 4 is 5.78 Å². The Morgan fingerprint density at radius 1 is 1.15 bits per heavy atom. The number of nitrogens with two attached hydrogens (primary N) is 1. The first kappa shape index (κ1) is 15.1. The maximum absolute atomic E-state index is 13.7. The molecule has 0 amide bonds. The van der Waals surface area contributed by atoms with Crippen LogP contribution in [0.3, 0.4) is 0 Å². The molecule has 0 radical (unpaired) electrons. The van der Waals surface area contributed by atoms with E-state index in [1.54, 1.807) is 0 Å². The molecule has 0 aliphatic heterocycles. The summed E-state index contributed by atoms with van der Waals surface area (Å²) in [6.07, 6.45) is 5.65. The van der Waals surface area contributed by atoms with Gasteiger partial charge in [-0.3, -0.25) is 4.79 Å². The van der Waals surface area contributed by atoms with Crippen LogP contribution in [0.1, 0.15) is 44.1 Å². The van der Waals surface area contributed by atoms with Gasteiger partial charge in [-0.2, -0.15) is 0 Å². The van der Waals surface area contributed by atoms with Crippen molar-refractivity contribution in [2.45, 2.75) is 44.9 Å². The fraction of sp³-hybridized carbons (Fsp3) is 0.562. The number of hydrogen-bond acceptors (Lipinski definition) is 2. The molecule has 1 fully saturated rings. The number of rotatable bonds is 4. The maximum atomic E-state index is 13.7. The average Bonchev–Trinajstić information content (AvgIpc) is 2.70. The van der Waals surface area contributed by atoms with Crippen molar-refractivity contribution in [3.8, 4) is 0 Å². The van der Waals surface area contributed by atoms with Gasteiger partial charge in [0.05, 0.1) is 0 Å². The predicted molar refractivity (Wildman–Crippen MR) is 74.3 cm³/mol. The third-order valence-electron chi connectivity index (χ3n) is 4.43. The van der Waals surface area contributed by atoms with Gasteiger partial charge in [0, 0.05) is 18.4 Å². The molecule has 1 saturated carbocycles. The Hall–Kier alpha value is -1.29. The summed E-state index contributed by atoms with van der Waals surface area (Å²) in [4.78, 5) is 12.6. The van der Waals surface area contributed by atoms with Gasteiger partial charge in [0.1, 0.15) is 5.78 Å². The maximum Gasteiger partial charge on any atom is 0.162 e. The summed E-state index contributed by atoms with van der Waals surface area (Å²) < 4.78 is 26.9. The Kier molecular flexibility index (Phi) is 4.86. The predicted octanol–water partition coefficient (Wildman–Crippen LogP) is 3.38. The van der Waals surface area contributed by atoms with Crippen LogP contribution in [0.25, 0.3) is 0 Å². The summed E-state index contributed by atoms with van der Waals surface area (Å²) in [6.45, 7) is 0.294. The van der Waals surface area contributed by atoms with Crippen LogP contribution in [0.2, 0.25) is 0 Å². The molecule has 0 atom stereocenters. The summed E-state index contributed by atoms with van der Waals surface area (Å²) in [5.41, 5.74) is 5.43. The number of Topliss-reactive ketones (excluding diaryl/α,β-unsaturated/α-hetero) is 1. The summed E-state index contributed by atoms with van der Waals surface area (Å²) in [5, 5.41) is 0. The molecule has 1 aliphatic carbocycles. The van der Waals surface area contributed by atoms with E-state index in [0.29, 0.717) is 6.54 Å². The minimum absolute atomic E-state index is 0.0496. The fourth-order valence-electron chi connectivity index (χ4n) is 3.05. The van der Waals surface area contributed by atoms with Crippen LogP contribution < -0.4 is 5.73 Å². The largest absolute Gasteiger partial charge is 0.329 e. The number of carbonyl (C=O) groups is 1. The third kappa shape index (κ3) is 3.06. The normalized spacial score (nSPS) is 18.6. The molecule has 0 heterocycles. The van der Waals surface area contributed by atoms with E-state index in [4.69, 9.17) is 5.73 Å². The lowest BCUT2D eigenvalue weighted by atomic mass is 9.74. The first-order chi connectivity index (χ1) is 9.59. The standard InChI is InChI=1S/C16H21F2NO/c17-13-7-5-6-12(15(13)18)10-14(20)16(11-19)8-3-1-2-4-9-16/h5-7H,1-4,8-11,19H2. The number of hydrogen-bond donors (Lipinski definition) is 1. The molecule has 2 nitrogen and oxygen atoms in total. The van der Waals surface area contributed by atoms with Crippen LogP contribution in [-0.2, 0) is 11.2 Å². The smallest absolute Gasteiger partial charge is 0.162 e. The van der Waals surface area contributed by atoms with Crippen molar-refractivity contribution in [1.82, 2.24) is 0 Å². The summed E-state index contributed by atoms with van der Waals surface area (Å²) in [7, 11) is 0. The highest BCUT2D eigenvalue weighted by Crippen LogP contribution is 2.36. The first-order valence-electron chi connectivity index (χ1n) is 7.25. The number of halogens is 2. The number of benzene rings is 1. The molecule has 0 spiro atoms. The first-order valence-corrected chi connectivity index (χ1v) is 7.25. The quantitative estimate of drug-likeness (QED) is 0.860. The molecular formula is C16H21F2NO. The lowest BCUT2D eigenvalue weighted by Crippen LogP contribution is -2.39. The van der Waals surface area contributed by atoms with Crippen molar-refractivity contribution in [1.29, 1.82) is 0 Å². The van der Waals surface area contributed by atoms with Crippen LogP contribution in [-0.4, -0.2) is 12.3 Å². The van der Waals surface area contributed by atoms with Gasteiger partial charge in [0.15, 0.2) is 11.6 Å². The van der Waals surface area contributed by atoms with Crippen LogP contribution in [0.4, 0.5) is 8.78 Å². The highest BCUT2D eigenvalue weighted by molar-refractivity contribution is 5.87. The highest BCUT2D eigenvalue weighted by atomic mass is 19.2. The molecule has 0 unspecified atom stereocenters. The van der Waals surface area contributed by atoms with E-state index in [9.17, 15) is 13.6 Å². The Balaban J connectivity index is 2.18. The zero-order valence-corrected chi connectivity index (χ0v) is 11.6. The van der Waals surface area contributed by atoms with E-state index in [2.05, 4.69) is 0 Å². The van der Waals surface area contributed by atoms with Gasteiger partial charge in [-0.25, -0.2) is 8.78 Å². The molecule has 2 N–H and O–H groups in total. The van der Waals surface area contributed by atoms with E-state index in [-0.39, 0.29) is 17.8 Å². The molecule has 0 saturated heterocycles. The second kappa shape index (κ2) is 6.44. The number of carbonyl (C=O) groups excluding carboxylic acids is 1. The second-order valence-electron chi connectivity index (χ2n) is 5.71. The average molecular weight is 281 g/mol. The second-order valence-corrected chi connectivity index (χ2v) is 5.71. The van der Waals surface area contributed by atoms with E-state index in [0.717, 1.165) is 44.6 Å². The molecule has 1 aliphatic rings. The van der Waals surface area contributed by atoms with E-state index in [1.165, 1.54) is 12.1 Å². The molecular weight excluding hydrogens is 260 g/mol. The van der Waals surface area contributed by atoms with Crippen molar-refractivity contribution in [2.24, 2.45) is 11.1 Å².